The van der Waals surface area contributed by atoms with Crippen LogP contribution in [0.4, 0.5) is 13.2 Å². The highest BCUT2D eigenvalue weighted by molar-refractivity contribution is 6.32. The van der Waals surface area contributed by atoms with Gasteiger partial charge in [-0.15, -0.1) is 0 Å². The number of carbonyl (C=O) groups excluding carboxylic acids is 1. The van der Waals surface area contributed by atoms with E-state index in [-0.39, 0.29) is 23.9 Å². The Bertz CT molecular complexity index is 897. The summed E-state index contributed by atoms with van der Waals surface area (Å²) in [5.74, 6) is 0.00746. The van der Waals surface area contributed by atoms with Crippen LogP contribution in [0, 0.1) is 0 Å². The van der Waals surface area contributed by atoms with Crippen molar-refractivity contribution in [3.05, 3.63) is 59.8 Å². The van der Waals surface area contributed by atoms with Gasteiger partial charge in [0.05, 0.1) is 23.6 Å². The van der Waals surface area contributed by atoms with Gasteiger partial charge >= 0.3 is 6.18 Å². The molecule has 3 aromatic rings. The summed E-state index contributed by atoms with van der Waals surface area (Å²) in [7, 11) is 0. The van der Waals surface area contributed by atoms with Crippen molar-refractivity contribution in [1.29, 1.82) is 0 Å². The Morgan fingerprint density at radius 2 is 1.97 bits per heavy atom. The molecule has 0 aliphatic carbocycles. The molecule has 7 nitrogen and oxygen atoms in total. The Kier molecular flexibility index (Phi) is 8.08. The molecule has 0 aliphatic rings. The number of primary amides is 1. The Hall–Kier alpha value is -3.01. The van der Waals surface area contributed by atoms with E-state index in [1.807, 2.05) is 10.8 Å². The first-order valence-corrected chi connectivity index (χ1v) is 8.90. The SMILES string of the molecule is FC(F)(F)c1cc(OCCCCn2ccnc2)n(-c2ccccc2Cl)n1.NC=O. The fraction of sp³-hybridized carbons (Fsp3) is 0.278. The quantitative estimate of drug-likeness (QED) is 0.458. The number of unbranched alkanes of at least 4 members (excludes halogenated alkanes) is 1. The fourth-order valence-electron chi connectivity index (χ4n) is 2.39. The van der Waals surface area contributed by atoms with Crippen molar-refractivity contribution < 1.29 is 22.7 Å². The van der Waals surface area contributed by atoms with E-state index in [0.717, 1.165) is 23.7 Å². The van der Waals surface area contributed by atoms with Gasteiger partial charge in [0.25, 0.3) is 0 Å². The first-order valence-electron chi connectivity index (χ1n) is 8.53. The molecule has 0 fully saturated rings. The van der Waals surface area contributed by atoms with Crippen molar-refractivity contribution >= 4 is 18.0 Å². The van der Waals surface area contributed by atoms with Crippen LogP contribution in [-0.2, 0) is 17.5 Å². The minimum Gasteiger partial charge on any atom is -0.478 e. The summed E-state index contributed by atoms with van der Waals surface area (Å²) in [6.45, 7) is 1.03. The predicted molar refractivity (Wildman–Crippen MR) is 101 cm³/mol. The Morgan fingerprint density at radius 3 is 2.59 bits per heavy atom. The van der Waals surface area contributed by atoms with Crippen molar-refractivity contribution in [2.75, 3.05) is 6.61 Å². The topological polar surface area (TPSA) is 88.0 Å². The van der Waals surface area contributed by atoms with Crippen LogP contribution in [0.15, 0.2) is 49.1 Å². The molecule has 2 heterocycles. The number of ether oxygens (including phenoxy) is 1. The first-order chi connectivity index (χ1) is 13.9. The average molecular weight is 430 g/mol. The summed E-state index contributed by atoms with van der Waals surface area (Å²) in [6.07, 6.45) is 2.42. The average Bonchev–Trinajstić information content (AvgIpc) is 3.32. The maximum absolute atomic E-state index is 13.0. The van der Waals surface area contributed by atoms with Gasteiger partial charge in [-0.2, -0.15) is 23.0 Å². The summed E-state index contributed by atoms with van der Waals surface area (Å²) < 4.78 is 47.6. The zero-order valence-electron chi connectivity index (χ0n) is 15.2. The number of carbonyl (C=O) groups is 1. The Morgan fingerprint density at radius 1 is 1.24 bits per heavy atom. The Balaban J connectivity index is 0.000000941. The number of aromatic nitrogens is 4. The number of hydrogen-bond acceptors (Lipinski definition) is 4. The van der Waals surface area contributed by atoms with E-state index < -0.39 is 11.9 Å². The van der Waals surface area contributed by atoms with Gasteiger partial charge in [-0.3, -0.25) is 4.79 Å². The second-order valence-electron chi connectivity index (χ2n) is 5.72. The van der Waals surface area contributed by atoms with Gasteiger partial charge in [0.15, 0.2) is 5.69 Å². The minimum absolute atomic E-state index is 0.00746. The molecule has 1 aromatic carbocycles. The summed E-state index contributed by atoms with van der Waals surface area (Å²) in [5, 5.41) is 3.91. The summed E-state index contributed by atoms with van der Waals surface area (Å²) in [4.78, 5) is 12.5. The molecule has 0 unspecified atom stereocenters. The molecule has 2 N–H and O–H groups in total. The molecule has 2 aromatic heterocycles. The number of imidazole rings is 1. The predicted octanol–water partition coefficient (Wildman–Crippen LogP) is 3.70. The number of aryl methyl sites for hydroxylation is 1. The molecule has 1 amide bonds. The van der Waals surface area contributed by atoms with E-state index >= 15 is 0 Å². The van der Waals surface area contributed by atoms with Gasteiger partial charge in [-0.1, -0.05) is 23.7 Å². The fourth-order valence-corrected chi connectivity index (χ4v) is 2.61. The number of benzene rings is 1. The molecule has 3 rings (SSSR count). The lowest BCUT2D eigenvalue weighted by Gasteiger charge is -2.10. The standard InChI is InChI=1S/C17H16ClF3N4O.CH3NO/c18-13-5-1-2-6-14(13)25-16(11-15(23-25)17(19,20)21)26-10-4-3-8-24-9-7-22-12-24;2-1-3/h1-2,5-7,9,11-12H,3-4,8,10H2;1H,(H2,2,3). The largest absolute Gasteiger partial charge is 0.478 e. The summed E-state index contributed by atoms with van der Waals surface area (Å²) >= 11 is 6.09. The molecule has 0 saturated carbocycles. The molecule has 0 spiro atoms. The number of alkyl halides is 3. The van der Waals surface area contributed by atoms with Gasteiger partial charge in [-0.05, 0) is 25.0 Å². The van der Waals surface area contributed by atoms with Crippen molar-refractivity contribution in [2.24, 2.45) is 5.73 Å². The van der Waals surface area contributed by atoms with E-state index in [2.05, 4.69) is 15.8 Å². The van der Waals surface area contributed by atoms with Crippen LogP contribution in [-0.4, -0.2) is 32.3 Å². The van der Waals surface area contributed by atoms with Crippen LogP contribution in [0.3, 0.4) is 0 Å². The number of nitrogens with two attached hydrogens (primary N) is 1. The third-order valence-electron chi connectivity index (χ3n) is 3.67. The lowest BCUT2D eigenvalue weighted by molar-refractivity contribution is -0.141. The molecule has 0 aliphatic heterocycles. The van der Waals surface area contributed by atoms with Crippen molar-refractivity contribution in [3.8, 4) is 11.6 Å². The minimum atomic E-state index is -4.56. The van der Waals surface area contributed by atoms with Crippen molar-refractivity contribution in [2.45, 2.75) is 25.6 Å². The van der Waals surface area contributed by atoms with Gasteiger partial charge < -0.3 is 15.0 Å². The highest BCUT2D eigenvalue weighted by atomic mass is 35.5. The molecule has 0 saturated heterocycles. The van der Waals surface area contributed by atoms with Crippen LogP contribution in [0.2, 0.25) is 5.02 Å². The van der Waals surface area contributed by atoms with E-state index in [0.29, 0.717) is 12.1 Å². The number of para-hydroxylation sites is 1. The van der Waals surface area contributed by atoms with Crippen LogP contribution in [0.1, 0.15) is 18.5 Å². The van der Waals surface area contributed by atoms with Crippen molar-refractivity contribution in [1.82, 2.24) is 19.3 Å². The highest BCUT2D eigenvalue weighted by Gasteiger charge is 2.35. The van der Waals surface area contributed by atoms with Crippen molar-refractivity contribution in [3.63, 3.8) is 0 Å². The molecular formula is C18H19ClF3N5O2. The number of amides is 1. The lowest BCUT2D eigenvalue weighted by atomic mass is 10.3. The van der Waals surface area contributed by atoms with Gasteiger partial charge in [-0.25, -0.2) is 4.98 Å². The third kappa shape index (κ3) is 6.53. The molecule has 0 bridgehead atoms. The molecular weight excluding hydrogens is 411 g/mol. The number of rotatable bonds is 7. The highest BCUT2D eigenvalue weighted by Crippen LogP contribution is 2.33. The monoisotopic (exact) mass is 429 g/mol. The summed E-state index contributed by atoms with van der Waals surface area (Å²) in [5.41, 5.74) is 3.48. The van der Waals surface area contributed by atoms with Crippen LogP contribution >= 0.6 is 11.6 Å². The maximum atomic E-state index is 13.0. The van der Waals surface area contributed by atoms with Gasteiger partial charge in [0, 0.05) is 25.0 Å². The molecule has 11 heteroatoms. The van der Waals surface area contributed by atoms with E-state index in [1.54, 1.807) is 36.8 Å². The third-order valence-corrected chi connectivity index (χ3v) is 3.99. The van der Waals surface area contributed by atoms with E-state index in [4.69, 9.17) is 21.1 Å². The second-order valence-corrected chi connectivity index (χ2v) is 6.13. The lowest BCUT2D eigenvalue weighted by Crippen LogP contribution is -2.08. The van der Waals surface area contributed by atoms with Gasteiger partial charge in [0.1, 0.15) is 0 Å². The molecule has 0 radical (unpaired) electrons. The summed E-state index contributed by atoms with van der Waals surface area (Å²) in [6, 6.07) is 7.42. The van der Waals surface area contributed by atoms with E-state index in [9.17, 15) is 13.2 Å². The van der Waals surface area contributed by atoms with Crippen LogP contribution < -0.4 is 10.5 Å². The van der Waals surface area contributed by atoms with Crippen LogP contribution in [0.5, 0.6) is 5.88 Å². The number of halogens is 4. The first kappa shape index (κ1) is 22.3. The molecule has 29 heavy (non-hydrogen) atoms. The number of nitrogens with zero attached hydrogens (tertiary/aromatic N) is 4. The van der Waals surface area contributed by atoms with Gasteiger partial charge in [0.2, 0.25) is 12.3 Å². The maximum Gasteiger partial charge on any atom is 0.435 e. The Labute approximate surface area is 169 Å². The second kappa shape index (κ2) is 10.5. The number of hydrogen-bond donors (Lipinski definition) is 1. The molecule has 156 valence electrons. The van der Waals surface area contributed by atoms with E-state index in [1.165, 1.54) is 0 Å². The smallest absolute Gasteiger partial charge is 0.435 e. The van der Waals surface area contributed by atoms with Crippen LogP contribution in [0.25, 0.3) is 5.69 Å². The molecule has 0 atom stereocenters. The zero-order chi connectivity index (χ0) is 21.3. The normalized spacial score (nSPS) is 10.9. The zero-order valence-corrected chi connectivity index (χ0v) is 16.0.